The Morgan fingerprint density at radius 2 is 2.05 bits per heavy atom. The fourth-order valence-electron chi connectivity index (χ4n) is 2.47. The summed E-state index contributed by atoms with van der Waals surface area (Å²) in [7, 11) is 3.07. The van der Waals surface area contributed by atoms with E-state index in [0.29, 0.717) is 12.3 Å². The molecule has 118 valence electrons. The van der Waals surface area contributed by atoms with Crippen LogP contribution in [0.1, 0.15) is 40.0 Å². The number of anilines is 1. The molecule has 4 heteroatoms. The molecule has 0 radical (unpaired) electrons. The lowest BCUT2D eigenvalue weighted by Crippen LogP contribution is -2.48. The monoisotopic (exact) mass is 293 g/mol. The van der Waals surface area contributed by atoms with Crippen LogP contribution in [0.5, 0.6) is 5.75 Å². The van der Waals surface area contributed by atoms with Crippen molar-refractivity contribution < 1.29 is 14.3 Å². The quantitative estimate of drug-likeness (QED) is 0.739. The third kappa shape index (κ3) is 4.38. The molecule has 1 aromatic carbocycles. The van der Waals surface area contributed by atoms with Gasteiger partial charge in [-0.15, -0.1) is 0 Å². The Kier molecular flexibility index (Phi) is 6.53. The molecule has 0 amide bonds. The molecule has 0 bridgehead atoms. The third-order valence-electron chi connectivity index (χ3n) is 4.03. The largest absolute Gasteiger partial charge is 0.497 e. The van der Waals surface area contributed by atoms with Gasteiger partial charge in [0, 0.05) is 11.8 Å². The molecule has 0 saturated heterocycles. The predicted molar refractivity (Wildman–Crippen MR) is 85.7 cm³/mol. The van der Waals surface area contributed by atoms with Gasteiger partial charge in [0.25, 0.3) is 0 Å². The van der Waals surface area contributed by atoms with E-state index in [2.05, 4.69) is 19.2 Å². The van der Waals surface area contributed by atoms with Crippen LogP contribution in [-0.4, -0.2) is 25.7 Å². The van der Waals surface area contributed by atoms with Crippen molar-refractivity contribution in [1.29, 1.82) is 0 Å². The second kappa shape index (κ2) is 7.91. The standard InChI is InChI=1S/C17H27NO3/c1-6-13(3)12-17(7-2,16(19)21-5)18-14-9-8-10-15(11-14)20-4/h8-11,13,18H,6-7,12H2,1-5H3. The van der Waals surface area contributed by atoms with Gasteiger partial charge in [-0.3, -0.25) is 0 Å². The number of carbonyl (C=O) groups is 1. The zero-order chi connectivity index (χ0) is 15.9. The zero-order valence-corrected chi connectivity index (χ0v) is 13.7. The Balaban J connectivity index is 3.07. The van der Waals surface area contributed by atoms with Gasteiger partial charge in [0.05, 0.1) is 14.2 Å². The molecule has 1 aromatic rings. The minimum atomic E-state index is -0.698. The molecule has 0 aromatic heterocycles. The number of hydrogen-bond donors (Lipinski definition) is 1. The highest BCUT2D eigenvalue weighted by Gasteiger charge is 2.38. The minimum absolute atomic E-state index is 0.215. The normalized spacial score (nSPS) is 14.9. The molecule has 1 N–H and O–H groups in total. The Bertz CT molecular complexity index is 461. The first-order valence-electron chi connectivity index (χ1n) is 7.52. The van der Waals surface area contributed by atoms with Gasteiger partial charge in [-0.1, -0.05) is 33.3 Å². The summed E-state index contributed by atoms with van der Waals surface area (Å²) in [6, 6.07) is 7.62. The maximum absolute atomic E-state index is 12.4. The van der Waals surface area contributed by atoms with Gasteiger partial charge < -0.3 is 14.8 Å². The smallest absolute Gasteiger partial charge is 0.331 e. The number of esters is 1. The van der Waals surface area contributed by atoms with Gasteiger partial charge in [-0.2, -0.15) is 0 Å². The van der Waals surface area contributed by atoms with E-state index in [1.807, 2.05) is 31.2 Å². The van der Waals surface area contributed by atoms with E-state index in [4.69, 9.17) is 9.47 Å². The molecule has 0 spiro atoms. The van der Waals surface area contributed by atoms with Crippen molar-refractivity contribution in [1.82, 2.24) is 0 Å². The van der Waals surface area contributed by atoms with E-state index in [1.54, 1.807) is 7.11 Å². The molecular weight excluding hydrogens is 266 g/mol. The van der Waals surface area contributed by atoms with E-state index in [0.717, 1.165) is 24.3 Å². The Morgan fingerprint density at radius 1 is 1.33 bits per heavy atom. The van der Waals surface area contributed by atoms with E-state index in [-0.39, 0.29) is 5.97 Å². The number of ether oxygens (including phenoxy) is 2. The summed E-state index contributed by atoms with van der Waals surface area (Å²) < 4.78 is 10.3. The van der Waals surface area contributed by atoms with Crippen LogP contribution in [0, 0.1) is 5.92 Å². The predicted octanol–water partition coefficient (Wildman–Crippen LogP) is 3.87. The van der Waals surface area contributed by atoms with E-state index < -0.39 is 5.54 Å². The maximum atomic E-state index is 12.4. The van der Waals surface area contributed by atoms with Crippen molar-refractivity contribution in [3.63, 3.8) is 0 Å². The van der Waals surface area contributed by atoms with Crippen molar-refractivity contribution in [3.8, 4) is 5.75 Å². The summed E-state index contributed by atoms with van der Waals surface area (Å²) in [6.45, 7) is 6.29. The minimum Gasteiger partial charge on any atom is -0.497 e. The Labute approximate surface area is 127 Å². The van der Waals surface area contributed by atoms with Gasteiger partial charge >= 0.3 is 5.97 Å². The summed E-state index contributed by atoms with van der Waals surface area (Å²) in [5.74, 6) is 0.980. The second-order valence-electron chi connectivity index (χ2n) is 5.50. The highest BCUT2D eigenvalue weighted by molar-refractivity contribution is 5.84. The lowest BCUT2D eigenvalue weighted by Gasteiger charge is -2.34. The summed E-state index contributed by atoms with van der Waals surface area (Å²) >= 11 is 0. The number of nitrogens with one attached hydrogen (secondary N) is 1. The van der Waals surface area contributed by atoms with Crippen LogP contribution in [0.15, 0.2) is 24.3 Å². The molecule has 2 unspecified atom stereocenters. The topological polar surface area (TPSA) is 47.6 Å². The van der Waals surface area contributed by atoms with Gasteiger partial charge in [-0.05, 0) is 30.9 Å². The number of methoxy groups -OCH3 is 2. The van der Waals surface area contributed by atoms with E-state index in [1.165, 1.54) is 7.11 Å². The van der Waals surface area contributed by atoms with Crippen LogP contribution < -0.4 is 10.1 Å². The Morgan fingerprint density at radius 3 is 2.57 bits per heavy atom. The highest BCUT2D eigenvalue weighted by atomic mass is 16.5. The van der Waals surface area contributed by atoms with Crippen molar-refractivity contribution in [2.75, 3.05) is 19.5 Å². The fourth-order valence-corrected chi connectivity index (χ4v) is 2.47. The van der Waals surface area contributed by atoms with Gasteiger partial charge in [0.15, 0.2) is 0 Å². The van der Waals surface area contributed by atoms with Crippen LogP contribution in [0.2, 0.25) is 0 Å². The van der Waals surface area contributed by atoms with Crippen LogP contribution in [0.4, 0.5) is 5.69 Å². The molecule has 0 aliphatic heterocycles. The molecule has 0 fully saturated rings. The van der Waals surface area contributed by atoms with Crippen molar-refractivity contribution in [2.24, 2.45) is 5.92 Å². The van der Waals surface area contributed by atoms with Crippen LogP contribution >= 0.6 is 0 Å². The van der Waals surface area contributed by atoms with Crippen LogP contribution in [-0.2, 0) is 9.53 Å². The first-order chi connectivity index (χ1) is 10.0. The first-order valence-corrected chi connectivity index (χ1v) is 7.52. The summed E-state index contributed by atoms with van der Waals surface area (Å²) in [5, 5.41) is 3.38. The third-order valence-corrected chi connectivity index (χ3v) is 4.03. The molecular formula is C17H27NO3. The van der Waals surface area contributed by atoms with E-state index in [9.17, 15) is 4.79 Å². The lowest BCUT2D eigenvalue weighted by atomic mass is 9.84. The van der Waals surface area contributed by atoms with Crippen molar-refractivity contribution >= 4 is 11.7 Å². The fraction of sp³-hybridized carbons (Fsp3) is 0.588. The molecule has 0 aliphatic carbocycles. The summed E-state index contributed by atoms with van der Waals surface area (Å²) in [5.41, 5.74) is 0.168. The second-order valence-corrected chi connectivity index (χ2v) is 5.50. The molecule has 21 heavy (non-hydrogen) atoms. The van der Waals surface area contributed by atoms with Crippen LogP contribution in [0.25, 0.3) is 0 Å². The highest BCUT2D eigenvalue weighted by Crippen LogP contribution is 2.30. The number of carbonyl (C=O) groups excluding carboxylic acids is 1. The molecule has 0 saturated carbocycles. The maximum Gasteiger partial charge on any atom is 0.331 e. The summed E-state index contributed by atoms with van der Waals surface area (Å²) in [4.78, 5) is 12.4. The van der Waals surface area contributed by atoms with Gasteiger partial charge in [-0.25, -0.2) is 4.79 Å². The Hall–Kier alpha value is -1.71. The summed E-state index contributed by atoms with van der Waals surface area (Å²) in [6.07, 6.45) is 2.43. The lowest BCUT2D eigenvalue weighted by molar-refractivity contribution is -0.146. The van der Waals surface area contributed by atoms with Gasteiger partial charge in [0.2, 0.25) is 0 Å². The SMILES string of the molecule is CCC(C)CC(CC)(Nc1cccc(OC)c1)C(=O)OC. The first kappa shape index (κ1) is 17.3. The molecule has 2 atom stereocenters. The molecule has 1 rings (SSSR count). The van der Waals surface area contributed by atoms with Crippen molar-refractivity contribution in [2.45, 2.75) is 45.6 Å². The molecule has 0 heterocycles. The molecule has 0 aliphatic rings. The van der Waals surface area contributed by atoms with E-state index >= 15 is 0 Å². The van der Waals surface area contributed by atoms with Crippen LogP contribution in [0.3, 0.4) is 0 Å². The number of rotatable bonds is 8. The molecule has 4 nitrogen and oxygen atoms in total. The average molecular weight is 293 g/mol. The van der Waals surface area contributed by atoms with Gasteiger partial charge in [0.1, 0.15) is 11.3 Å². The average Bonchev–Trinajstić information content (AvgIpc) is 2.53. The number of hydrogen-bond acceptors (Lipinski definition) is 4. The number of benzene rings is 1. The van der Waals surface area contributed by atoms with Crippen molar-refractivity contribution in [3.05, 3.63) is 24.3 Å². The zero-order valence-electron chi connectivity index (χ0n) is 13.7.